The van der Waals surface area contributed by atoms with Gasteiger partial charge in [-0.2, -0.15) is 0 Å². The number of rotatable bonds is 3. The molecule has 0 unspecified atom stereocenters. The largest absolute Gasteiger partial charge is 0.350 e. The molecule has 0 spiro atoms. The summed E-state index contributed by atoms with van der Waals surface area (Å²) in [7, 11) is 3.85. The molecular formula is C18H17IN2O. The van der Waals surface area contributed by atoms with Crippen molar-refractivity contribution in [3.05, 3.63) is 63.9 Å². The highest BCUT2D eigenvalue weighted by molar-refractivity contribution is 14.1. The number of carbonyl (C=O) groups is 1. The first-order valence-electron chi connectivity index (χ1n) is 7.12. The van der Waals surface area contributed by atoms with Gasteiger partial charge in [-0.3, -0.25) is 4.79 Å². The van der Waals surface area contributed by atoms with Crippen LogP contribution in [0, 0.1) is 3.57 Å². The summed E-state index contributed by atoms with van der Waals surface area (Å²) in [6.07, 6.45) is 2.45. The first-order chi connectivity index (χ1) is 10.6. The Hall–Kier alpha value is -1.82. The second-order valence-corrected chi connectivity index (χ2v) is 6.53. The number of nitrogens with zero attached hydrogens (tertiary/aromatic N) is 2. The summed E-state index contributed by atoms with van der Waals surface area (Å²) in [6.45, 7) is 0. The predicted octanol–water partition coefficient (Wildman–Crippen LogP) is 3.99. The Morgan fingerprint density at radius 3 is 2.59 bits per heavy atom. The highest BCUT2D eigenvalue weighted by Gasteiger charge is 2.16. The van der Waals surface area contributed by atoms with Crippen LogP contribution in [0.2, 0.25) is 0 Å². The van der Waals surface area contributed by atoms with E-state index < -0.39 is 0 Å². The highest BCUT2D eigenvalue weighted by atomic mass is 127. The van der Waals surface area contributed by atoms with Crippen molar-refractivity contribution in [1.29, 1.82) is 0 Å². The molecule has 0 saturated heterocycles. The molecule has 0 saturated carbocycles. The molecule has 0 aliphatic rings. The predicted molar refractivity (Wildman–Crippen MR) is 99.2 cm³/mol. The number of amides is 1. The zero-order valence-corrected chi connectivity index (χ0v) is 14.7. The number of halogens is 1. The molecule has 4 heteroatoms. The maximum absolute atomic E-state index is 12.6. The van der Waals surface area contributed by atoms with Crippen LogP contribution in [0.3, 0.4) is 0 Å². The van der Waals surface area contributed by atoms with Crippen LogP contribution >= 0.6 is 22.6 Å². The summed E-state index contributed by atoms with van der Waals surface area (Å²) in [4.78, 5) is 14.4. The monoisotopic (exact) mass is 404 g/mol. The molecule has 2 aromatic carbocycles. The van der Waals surface area contributed by atoms with Gasteiger partial charge in [0.25, 0.3) is 0 Å². The van der Waals surface area contributed by atoms with Crippen molar-refractivity contribution in [3.63, 3.8) is 0 Å². The van der Waals surface area contributed by atoms with Crippen LogP contribution in [0.4, 0.5) is 5.69 Å². The molecule has 1 amide bonds. The lowest BCUT2D eigenvalue weighted by Crippen LogP contribution is -2.28. The summed E-state index contributed by atoms with van der Waals surface area (Å²) in [6, 6.07) is 16.1. The molecule has 22 heavy (non-hydrogen) atoms. The molecule has 112 valence electrons. The molecule has 0 aliphatic carbocycles. The van der Waals surface area contributed by atoms with Crippen molar-refractivity contribution >= 4 is 45.1 Å². The second-order valence-electron chi connectivity index (χ2n) is 5.36. The topological polar surface area (TPSA) is 25.2 Å². The summed E-state index contributed by atoms with van der Waals surface area (Å²) in [5.41, 5.74) is 3.18. The third kappa shape index (κ3) is 2.75. The fourth-order valence-electron chi connectivity index (χ4n) is 2.71. The lowest BCUT2D eigenvalue weighted by Gasteiger charge is -2.18. The van der Waals surface area contributed by atoms with E-state index in [-0.39, 0.29) is 5.91 Å². The van der Waals surface area contributed by atoms with Gasteiger partial charge in [0.1, 0.15) is 0 Å². The Morgan fingerprint density at radius 2 is 1.82 bits per heavy atom. The Balaban J connectivity index is 1.89. The minimum atomic E-state index is 0.0977. The van der Waals surface area contributed by atoms with Crippen LogP contribution in [-0.4, -0.2) is 17.5 Å². The number of hydrogen-bond acceptors (Lipinski definition) is 1. The number of fused-ring (bicyclic) bond motifs is 1. The number of anilines is 1. The quantitative estimate of drug-likeness (QED) is 0.607. The molecular weight excluding hydrogens is 387 g/mol. The number of likely N-dealkylation sites (N-methyl/N-ethyl adjacent to an activating group) is 1. The molecule has 0 fully saturated rings. The van der Waals surface area contributed by atoms with E-state index in [0.717, 1.165) is 25.7 Å². The van der Waals surface area contributed by atoms with Crippen LogP contribution in [-0.2, 0) is 18.3 Å². The maximum atomic E-state index is 12.6. The Kier molecular flexibility index (Phi) is 4.20. The zero-order valence-electron chi connectivity index (χ0n) is 12.6. The molecule has 0 N–H and O–H groups in total. The van der Waals surface area contributed by atoms with Crippen LogP contribution in [0.1, 0.15) is 5.56 Å². The van der Waals surface area contributed by atoms with E-state index in [1.807, 2.05) is 56.7 Å². The van der Waals surface area contributed by atoms with Crippen molar-refractivity contribution in [1.82, 2.24) is 4.57 Å². The number of para-hydroxylation sites is 2. The third-order valence-electron chi connectivity index (χ3n) is 3.91. The molecule has 0 bridgehead atoms. The second kappa shape index (κ2) is 6.12. The molecule has 1 aromatic heterocycles. The fraction of sp³-hybridized carbons (Fsp3) is 0.167. The van der Waals surface area contributed by atoms with Gasteiger partial charge < -0.3 is 9.47 Å². The fourth-order valence-corrected chi connectivity index (χ4v) is 3.46. The Morgan fingerprint density at radius 1 is 1.14 bits per heavy atom. The van der Waals surface area contributed by atoms with E-state index in [0.29, 0.717) is 6.42 Å². The van der Waals surface area contributed by atoms with Crippen molar-refractivity contribution in [3.8, 4) is 0 Å². The molecule has 3 aromatic rings. The number of aromatic nitrogens is 1. The van der Waals surface area contributed by atoms with Crippen molar-refractivity contribution < 1.29 is 4.79 Å². The van der Waals surface area contributed by atoms with Crippen molar-refractivity contribution in [2.75, 3.05) is 11.9 Å². The van der Waals surface area contributed by atoms with Crippen LogP contribution in [0.5, 0.6) is 0 Å². The lowest BCUT2D eigenvalue weighted by atomic mass is 10.1. The normalized spacial score (nSPS) is 10.9. The van der Waals surface area contributed by atoms with E-state index >= 15 is 0 Å². The zero-order chi connectivity index (χ0) is 15.7. The smallest absolute Gasteiger partial charge is 0.231 e. The standard InChI is InChI=1S/C18H17IN2O/c1-20-12-13(14-7-3-5-9-16(14)20)11-18(22)21(2)17-10-6-4-8-15(17)19/h3-10,12H,11H2,1-2H3. The van der Waals surface area contributed by atoms with E-state index in [9.17, 15) is 4.79 Å². The van der Waals surface area contributed by atoms with Gasteiger partial charge in [0.2, 0.25) is 5.91 Å². The number of benzene rings is 2. The van der Waals surface area contributed by atoms with Crippen molar-refractivity contribution in [2.24, 2.45) is 7.05 Å². The molecule has 3 nitrogen and oxygen atoms in total. The van der Waals surface area contributed by atoms with Crippen LogP contribution < -0.4 is 4.90 Å². The lowest BCUT2D eigenvalue weighted by molar-refractivity contribution is -0.117. The molecule has 3 rings (SSSR count). The minimum Gasteiger partial charge on any atom is -0.350 e. The average Bonchev–Trinajstić information content (AvgIpc) is 2.84. The number of hydrogen-bond donors (Lipinski definition) is 0. The van der Waals surface area contributed by atoms with E-state index in [1.165, 1.54) is 0 Å². The van der Waals surface area contributed by atoms with Gasteiger partial charge in [0.15, 0.2) is 0 Å². The van der Waals surface area contributed by atoms with Crippen molar-refractivity contribution in [2.45, 2.75) is 6.42 Å². The van der Waals surface area contributed by atoms with E-state index in [2.05, 4.69) is 39.3 Å². The summed E-state index contributed by atoms with van der Waals surface area (Å²) in [5, 5.41) is 1.15. The maximum Gasteiger partial charge on any atom is 0.231 e. The summed E-state index contributed by atoms with van der Waals surface area (Å²) < 4.78 is 3.15. The van der Waals surface area contributed by atoms with Gasteiger partial charge in [0.05, 0.1) is 12.1 Å². The Labute approximate surface area is 143 Å². The van der Waals surface area contributed by atoms with Gasteiger partial charge in [0, 0.05) is 34.8 Å². The van der Waals surface area contributed by atoms with Gasteiger partial charge in [-0.15, -0.1) is 0 Å². The average molecular weight is 404 g/mol. The van der Waals surface area contributed by atoms with Gasteiger partial charge in [-0.05, 0) is 46.4 Å². The summed E-state index contributed by atoms with van der Waals surface area (Å²) >= 11 is 2.26. The molecule has 0 aliphatic heterocycles. The molecule has 1 heterocycles. The summed E-state index contributed by atoms with van der Waals surface area (Å²) in [5.74, 6) is 0.0977. The highest BCUT2D eigenvalue weighted by Crippen LogP contribution is 2.24. The first kappa shape index (κ1) is 15.1. The van der Waals surface area contributed by atoms with E-state index in [1.54, 1.807) is 4.90 Å². The first-order valence-corrected chi connectivity index (χ1v) is 8.20. The Bertz CT molecular complexity index is 838. The molecule has 0 radical (unpaired) electrons. The van der Waals surface area contributed by atoms with Crippen LogP contribution in [0.25, 0.3) is 10.9 Å². The molecule has 0 atom stereocenters. The number of aryl methyl sites for hydroxylation is 1. The SMILES string of the molecule is CN(C(=O)Cc1cn(C)c2ccccc12)c1ccccc1I. The minimum absolute atomic E-state index is 0.0977. The van der Waals surface area contributed by atoms with Crippen LogP contribution in [0.15, 0.2) is 54.7 Å². The van der Waals surface area contributed by atoms with Gasteiger partial charge in [-0.1, -0.05) is 30.3 Å². The van der Waals surface area contributed by atoms with Gasteiger partial charge in [-0.25, -0.2) is 0 Å². The van der Waals surface area contributed by atoms with E-state index in [4.69, 9.17) is 0 Å². The van der Waals surface area contributed by atoms with Gasteiger partial charge >= 0.3 is 0 Å². The third-order valence-corrected chi connectivity index (χ3v) is 4.82. The number of carbonyl (C=O) groups excluding carboxylic acids is 1.